The summed E-state index contributed by atoms with van der Waals surface area (Å²) < 4.78 is 21.8. The van der Waals surface area contributed by atoms with Gasteiger partial charge in [0, 0.05) is 30.4 Å². The van der Waals surface area contributed by atoms with E-state index in [9.17, 15) is 15.2 Å². The molecule has 0 spiro atoms. The van der Waals surface area contributed by atoms with E-state index in [1.807, 2.05) is 47.4 Å². The Labute approximate surface area is 231 Å². The Bertz CT molecular complexity index is 1600. The molecule has 40 heavy (non-hydrogen) atoms. The predicted molar refractivity (Wildman–Crippen MR) is 146 cm³/mol. The van der Waals surface area contributed by atoms with Crippen LogP contribution in [0.4, 0.5) is 10.2 Å². The molecule has 2 bridgehead atoms. The van der Waals surface area contributed by atoms with Crippen LogP contribution in [-0.2, 0) is 11.2 Å². The van der Waals surface area contributed by atoms with Gasteiger partial charge in [-0.25, -0.2) is 9.50 Å². The van der Waals surface area contributed by atoms with Crippen LogP contribution in [0.5, 0.6) is 5.75 Å². The SMILES string of the molecule is CC(C)(O)COc1cc(-c2ccc(N3CC4CC(C3)N4C(=O)Cc3ccccc3)nc2)c2c(C#N)cnn2c1F. The Morgan fingerprint density at radius 3 is 2.58 bits per heavy atom. The number of pyridine rings is 2. The van der Waals surface area contributed by atoms with Gasteiger partial charge in [-0.3, -0.25) is 4.79 Å². The number of hydrogen-bond acceptors (Lipinski definition) is 7. The maximum atomic E-state index is 15.2. The second-order valence-corrected chi connectivity index (χ2v) is 11.1. The first-order valence-electron chi connectivity index (χ1n) is 13.2. The molecule has 7 rings (SSSR count). The Morgan fingerprint density at radius 1 is 1.18 bits per heavy atom. The third kappa shape index (κ3) is 4.73. The topological polar surface area (TPSA) is 107 Å². The average molecular weight is 541 g/mol. The zero-order valence-corrected chi connectivity index (χ0v) is 22.3. The molecule has 3 aromatic heterocycles. The van der Waals surface area contributed by atoms with Crippen molar-refractivity contribution in [2.24, 2.45) is 0 Å². The van der Waals surface area contributed by atoms with Crippen molar-refractivity contribution in [3.05, 3.63) is 78.0 Å². The number of amides is 1. The molecule has 0 aliphatic carbocycles. The van der Waals surface area contributed by atoms with Crippen LogP contribution in [0.15, 0.2) is 60.9 Å². The number of carbonyl (C=O) groups excluding carboxylic acids is 1. The van der Waals surface area contributed by atoms with Crippen molar-refractivity contribution in [1.29, 1.82) is 5.26 Å². The van der Waals surface area contributed by atoms with Gasteiger partial charge in [0.2, 0.25) is 5.91 Å². The molecule has 3 aliphatic rings. The van der Waals surface area contributed by atoms with Crippen molar-refractivity contribution >= 4 is 17.2 Å². The minimum atomic E-state index is -1.16. The Kier molecular flexibility index (Phi) is 6.39. The summed E-state index contributed by atoms with van der Waals surface area (Å²) in [4.78, 5) is 21.9. The molecule has 1 amide bonds. The van der Waals surface area contributed by atoms with Gasteiger partial charge in [0.15, 0.2) is 5.75 Å². The highest BCUT2D eigenvalue weighted by Crippen LogP contribution is 2.36. The fourth-order valence-electron chi connectivity index (χ4n) is 5.58. The number of nitriles is 1. The predicted octanol–water partition coefficient (Wildman–Crippen LogP) is 3.59. The summed E-state index contributed by atoms with van der Waals surface area (Å²) in [7, 11) is 0. The number of rotatable bonds is 7. The number of piperidine rings is 1. The molecule has 2 atom stereocenters. The minimum Gasteiger partial charge on any atom is -0.486 e. The number of nitrogens with zero attached hydrogens (tertiary/aromatic N) is 6. The van der Waals surface area contributed by atoms with Crippen molar-refractivity contribution in [3.63, 3.8) is 0 Å². The molecule has 2 unspecified atom stereocenters. The molecule has 0 saturated carbocycles. The smallest absolute Gasteiger partial charge is 0.257 e. The number of fused-ring (bicyclic) bond motifs is 3. The van der Waals surface area contributed by atoms with Crippen LogP contribution >= 0.6 is 0 Å². The van der Waals surface area contributed by atoms with Crippen LogP contribution in [0.2, 0.25) is 0 Å². The lowest BCUT2D eigenvalue weighted by Crippen LogP contribution is -2.70. The van der Waals surface area contributed by atoms with Crippen molar-refractivity contribution < 1.29 is 19.0 Å². The molecule has 3 saturated heterocycles. The van der Waals surface area contributed by atoms with Crippen LogP contribution in [-0.4, -0.2) is 67.9 Å². The second kappa shape index (κ2) is 9.92. The summed E-state index contributed by atoms with van der Waals surface area (Å²) >= 11 is 0. The molecular weight excluding hydrogens is 511 g/mol. The van der Waals surface area contributed by atoms with Gasteiger partial charge in [0.25, 0.3) is 5.95 Å². The number of piperazine rings is 1. The Morgan fingerprint density at radius 2 is 1.93 bits per heavy atom. The van der Waals surface area contributed by atoms with E-state index in [1.54, 1.807) is 20.0 Å². The van der Waals surface area contributed by atoms with Crippen LogP contribution in [0.1, 0.15) is 31.4 Å². The number of aromatic nitrogens is 3. The van der Waals surface area contributed by atoms with Crippen LogP contribution < -0.4 is 9.64 Å². The molecule has 1 aromatic carbocycles. The van der Waals surface area contributed by atoms with Crippen molar-refractivity contribution in [1.82, 2.24) is 19.5 Å². The Balaban J connectivity index is 1.22. The fraction of sp³-hybridized carbons (Fsp3) is 0.333. The van der Waals surface area contributed by atoms with E-state index in [1.165, 1.54) is 12.3 Å². The summed E-state index contributed by atoms with van der Waals surface area (Å²) in [5.74, 6) is 0.109. The van der Waals surface area contributed by atoms with E-state index in [4.69, 9.17) is 9.72 Å². The zero-order valence-electron chi connectivity index (χ0n) is 22.3. The maximum Gasteiger partial charge on any atom is 0.257 e. The molecule has 1 N–H and O–H groups in total. The minimum absolute atomic E-state index is 0.0855. The van der Waals surface area contributed by atoms with Crippen molar-refractivity contribution in [3.8, 4) is 22.9 Å². The van der Waals surface area contributed by atoms with Gasteiger partial charge in [0.05, 0.1) is 41.4 Å². The van der Waals surface area contributed by atoms with E-state index in [0.717, 1.165) is 22.3 Å². The molecule has 3 aliphatic heterocycles. The van der Waals surface area contributed by atoms with Gasteiger partial charge in [0.1, 0.15) is 18.5 Å². The van der Waals surface area contributed by atoms with E-state index >= 15 is 4.39 Å². The van der Waals surface area contributed by atoms with Gasteiger partial charge in [-0.2, -0.15) is 14.8 Å². The summed E-state index contributed by atoms with van der Waals surface area (Å²) in [6.07, 6.45) is 4.41. The van der Waals surface area contributed by atoms with Gasteiger partial charge in [-0.05, 0) is 44.0 Å². The molecule has 3 fully saturated rings. The van der Waals surface area contributed by atoms with Crippen molar-refractivity contribution in [2.45, 2.75) is 44.4 Å². The quantitative estimate of drug-likeness (QED) is 0.357. The third-order valence-electron chi connectivity index (χ3n) is 7.45. The highest BCUT2D eigenvalue weighted by molar-refractivity contribution is 5.85. The molecule has 10 heteroatoms. The maximum absolute atomic E-state index is 15.2. The van der Waals surface area contributed by atoms with E-state index in [-0.39, 0.29) is 35.9 Å². The lowest BCUT2D eigenvalue weighted by Gasteiger charge is -2.56. The highest BCUT2D eigenvalue weighted by atomic mass is 19.1. The third-order valence-corrected chi connectivity index (χ3v) is 7.45. The van der Waals surface area contributed by atoms with Crippen LogP contribution in [0, 0.1) is 17.3 Å². The van der Waals surface area contributed by atoms with E-state index in [2.05, 4.69) is 16.1 Å². The zero-order chi connectivity index (χ0) is 28.0. The summed E-state index contributed by atoms with van der Waals surface area (Å²) in [5, 5.41) is 23.7. The summed E-state index contributed by atoms with van der Waals surface area (Å²) in [6.45, 7) is 4.43. The standard InChI is InChI=1S/C30H29FN6O3/c1-30(2,39)18-40-25-12-24(28-21(13-32)15-34-37(28)29(25)31)20-8-9-26(33-14-20)35-16-22-11-23(17-35)36(22)27(38)10-19-6-4-3-5-7-19/h3-9,12,14-15,22-23,39H,10-11,16-18H2,1-2H3. The summed E-state index contributed by atoms with van der Waals surface area (Å²) in [6, 6.07) is 17.5. The summed E-state index contributed by atoms with van der Waals surface area (Å²) in [5.41, 5.74) is 1.61. The number of ether oxygens (including phenoxy) is 1. The first-order chi connectivity index (χ1) is 19.2. The molecule has 0 radical (unpaired) electrons. The molecule has 9 nitrogen and oxygen atoms in total. The Hall–Kier alpha value is -4.49. The molecule has 4 aromatic rings. The fourth-order valence-corrected chi connectivity index (χ4v) is 5.58. The number of carbonyl (C=O) groups is 1. The van der Waals surface area contributed by atoms with Crippen molar-refractivity contribution in [2.75, 3.05) is 24.6 Å². The first kappa shape index (κ1) is 25.8. The van der Waals surface area contributed by atoms with Gasteiger partial charge >= 0.3 is 0 Å². The lowest BCUT2D eigenvalue weighted by atomic mass is 9.86. The van der Waals surface area contributed by atoms with E-state index < -0.39 is 11.5 Å². The first-order valence-corrected chi connectivity index (χ1v) is 13.2. The number of anilines is 1. The van der Waals surface area contributed by atoms with Crippen LogP contribution in [0.25, 0.3) is 16.6 Å². The highest BCUT2D eigenvalue weighted by Gasteiger charge is 2.47. The number of aliphatic hydroxyl groups is 1. The second-order valence-electron chi connectivity index (χ2n) is 11.1. The van der Waals surface area contributed by atoms with Gasteiger partial charge in [-0.1, -0.05) is 30.3 Å². The van der Waals surface area contributed by atoms with Crippen LogP contribution in [0.3, 0.4) is 0 Å². The molecule has 204 valence electrons. The molecule has 6 heterocycles. The van der Waals surface area contributed by atoms with E-state index in [0.29, 0.717) is 36.2 Å². The largest absolute Gasteiger partial charge is 0.486 e. The average Bonchev–Trinajstić information content (AvgIpc) is 3.38. The van der Waals surface area contributed by atoms with Gasteiger partial charge in [-0.15, -0.1) is 0 Å². The monoisotopic (exact) mass is 540 g/mol. The number of benzene rings is 1. The molecular formula is C30H29FN6O3. The lowest BCUT2D eigenvalue weighted by molar-refractivity contribution is -0.145. The normalized spacial score (nSPS) is 18.4. The number of hydrogen-bond donors (Lipinski definition) is 1. The van der Waals surface area contributed by atoms with Gasteiger partial charge < -0.3 is 19.6 Å². The number of halogens is 1.